The minimum absolute atomic E-state index is 0.0631. The molecular formula is C27H35N3O5. The van der Waals surface area contributed by atoms with Crippen LogP contribution in [0.15, 0.2) is 48.5 Å². The number of fused-ring (bicyclic) bond motifs is 3. The van der Waals surface area contributed by atoms with E-state index < -0.39 is 35.5 Å². The van der Waals surface area contributed by atoms with Crippen molar-refractivity contribution in [3.8, 4) is 11.1 Å². The number of alkyl carbamates (subject to hydrolysis) is 1. The lowest BCUT2D eigenvalue weighted by Gasteiger charge is -2.31. The first-order valence-electron chi connectivity index (χ1n) is 11.8. The fourth-order valence-corrected chi connectivity index (χ4v) is 4.35. The third kappa shape index (κ3) is 6.60. The van der Waals surface area contributed by atoms with Crippen LogP contribution in [0.3, 0.4) is 0 Å². The third-order valence-electron chi connectivity index (χ3n) is 6.25. The summed E-state index contributed by atoms with van der Waals surface area (Å²) in [7, 11) is 3.47. The largest absolute Gasteiger partial charge is 0.480 e. The molecule has 0 heterocycles. The van der Waals surface area contributed by atoms with Crippen molar-refractivity contribution < 1.29 is 24.2 Å². The number of ether oxygens (including phenoxy) is 1. The normalized spacial score (nSPS) is 14.6. The molecule has 0 saturated carbocycles. The number of rotatable bonds is 9. The molecule has 2 aromatic rings. The third-order valence-corrected chi connectivity index (χ3v) is 6.25. The Bertz CT molecular complexity index is 1030. The highest BCUT2D eigenvalue weighted by Crippen LogP contribution is 2.44. The van der Waals surface area contributed by atoms with Gasteiger partial charge in [-0.1, -0.05) is 69.3 Å². The van der Waals surface area contributed by atoms with Crippen LogP contribution in [0, 0.1) is 5.41 Å². The number of amides is 2. The molecule has 2 amide bonds. The number of hydrogen-bond acceptors (Lipinski definition) is 5. The Morgan fingerprint density at radius 2 is 1.51 bits per heavy atom. The van der Waals surface area contributed by atoms with Crippen molar-refractivity contribution in [1.82, 2.24) is 15.5 Å². The lowest BCUT2D eigenvalue weighted by atomic mass is 9.84. The van der Waals surface area contributed by atoms with Gasteiger partial charge < -0.3 is 25.4 Å². The molecule has 0 radical (unpaired) electrons. The van der Waals surface area contributed by atoms with E-state index in [0.29, 0.717) is 0 Å². The number of hydrogen-bond donors (Lipinski definition) is 3. The molecule has 8 heteroatoms. The van der Waals surface area contributed by atoms with E-state index in [0.717, 1.165) is 22.3 Å². The fourth-order valence-electron chi connectivity index (χ4n) is 4.35. The van der Waals surface area contributed by atoms with Crippen molar-refractivity contribution in [2.75, 3.05) is 27.2 Å². The molecule has 0 bridgehead atoms. The standard InChI is InChI=1S/C27H35N3O5/c1-27(2,3)23(14-24(31)28-22(25(32)33)15-30(4)5)29-26(34)35-16-21-19-12-8-6-10-17(19)18-11-7-9-13-20(18)21/h6-13,21-23H,14-16H2,1-5H3,(H,28,31)(H,29,34)(H,32,33)/t22-,23?/m0/s1. The second kappa shape index (κ2) is 10.9. The molecule has 188 valence electrons. The molecule has 1 unspecified atom stereocenters. The van der Waals surface area contributed by atoms with Crippen molar-refractivity contribution in [1.29, 1.82) is 0 Å². The molecular weight excluding hydrogens is 446 g/mol. The first kappa shape index (κ1) is 26.2. The predicted molar refractivity (Wildman–Crippen MR) is 134 cm³/mol. The Kier molecular flexibility index (Phi) is 8.17. The Balaban J connectivity index is 1.64. The van der Waals surface area contributed by atoms with Crippen molar-refractivity contribution >= 4 is 18.0 Å². The van der Waals surface area contributed by atoms with Gasteiger partial charge in [0.2, 0.25) is 5.91 Å². The Morgan fingerprint density at radius 1 is 0.971 bits per heavy atom. The summed E-state index contributed by atoms with van der Waals surface area (Å²) < 4.78 is 5.64. The number of carboxylic acids is 1. The van der Waals surface area contributed by atoms with Gasteiger partial charge in [0.15, 0.2) is 0 Å². The van der Waals surface area contributed by atoms with Gasteiger partial charge in [-0.3, -0.25) is 4.79 Å². The van der Waals surface area contributed by atoms with E-state index in [2.05, 4.69) is 34.9 Å². The van der Waals surface area contributed by atoms with Gasteiger partial charge in [0.25, 0.3) is 0 Å². The Hall–Kier alpha value is -3.39. The van der Waals surface area contributed by atoms with E-state index in [-0.39, 0.29) is 25.5 Å². The number of likely N-dealkylation sites (N-methyl/N-ethyl adjacent to an activating group) is 1. The Labute approximate surface area is 206 Å². The van der Waals surface area contributed by atoms with Gasteiger partial charge in [-0.15, -0.1) is 0 Å². The van der Waals surface area contributed by atoms with Gasteiger partial charge in [0, 0.05) is 24.9 Å². The predicted octanol–water partition coefficient (Wildman–Crippen LogP) is 3.46. The van der Waals surface area contributed by atoms with Crippen LogP contribution < -0.4 is 10.6 Å². The SMILES string of the molecule is CN(C)C[C@H](NC(=O)CC(NC(=O)OCC1c2ccccc2-c2ccccc21)C(C)(C)C)C(=O)O. The summed E-state index contributed by atoms with van der Waals surface area (Å²) in [6.45, 7) is 6.06. The van der Waals surface area contributed by atoms with E-state index in [9.17, 15) is 19.5 Å². The second-order valence-electron chi connectivity index (χ2n) is 10.3. The topological polar surface area (TPSA) is 108 Å². The maximum absolute atomic E-state index is 12.8. The molecule has 0 aromatic heterocycles. The molecule has 0 aliphatic heterocycles. The number of benzene rings is 2. The quantitative estimate of drug-likeness (QED) is 0.506. The Morgan fingerprint density at radius 3 is 2.00 bits per heavy atom. The van der Waals surface area contributed by atoms with Crippen molar-refractivity contribution in [2.24, 2.45) is 5.41 Å². The summed E-state index contributed by atoms with van der Waals surface area (Å²) >= 11 is 0. The number of carboxylic acid groups (broad SMARTS) is 1. The molecule has 3 rings (SSSR count). The zero-order valence-corrected chi connectivity index (χ0v) is 21.0. The minimum atomic E-state index is -1.11. The monoisotopic (exact) mass is 481 g/mol. The van der Waals surface area contributed by atoms with Crippen LogP contribution >= 0.6 is 0 Å². The van der Waals surface area contributed by atoms with E-state index >= 15 is 0 Å². The van der Waals surface area contributed by atoms with Crippen LogP contribution in [0.2, 0.25) is 0 Å². The first-order valence-corrected chi connectivity index (χ1v) is 11.8. The molecule has 35 heavy (non-hydrogen) atoms. The summed E-state index contributed by atoms with van der Waals surface area (Å²) in [5.41, 5.74) is 4.07. The average molecular weight is 482 g/mol. The van der Waals surface area contributed by atoms with E-state index in [1.807, 2.05) is 45.0 Å². The second-order valence-corrected chi connectivity index (χ2v) is 10.3. The lowest BCUT2D eigenvalue weighted by molar-refractivity contribution is -0.142. The highest BCUT2D eigenvalue weighted by atomic mass is 16.5. The van der Waals surface area contributed by atoms with E-state index in [1.165, 1.54) is 0 Å². The molecule has 0 spiro atoms. The lowest BCUT2D eigenvalue weighted by Crippen LogP contribution is -2.51. The number of carbonyl (C=O) groups excluding carboxylic acids is 2. The summed E-state index contributed by atoms with van der Waals surface area (Å²) in [6.07, 6.45) is -0.673. The van der Waals surface area contributed by atoms with Gasteiger partial charge >= 0.3 is 12.1 Å². The van der Waals surface area contributed by atoms with Crippen LogP contribution in [-0.2, 0) is 14.3 Å². The molecule has 2 atom stereocenters. The summed E-state index contributed by atoms with van der Waals surface area (Å²) in [5, 5.41) is 14.8. The maximum Gasteiger partial charge on any atom is 0.407 e. The first-order chi connectivity index (χ1) is 16.5. The summed E-state index contributed by atoms with van der Waals surface area (Å²) in [6, 6.07) is 14.6. The highest BCUT2D eigenvalue weighted by molar-refractivity contribution is 5.84. The van der Waals surface area contributed by atoms with E-state index in [4.69, 9.17) is 4.74 Å². The number of nitrogens with zero attached hydrogens (tertiary/aromatic N) is 1. The van der Waals surface area contributed by atoms with Gasteiger partial charge in [-0.25, -0.2) is 9.59 Å². The number of carbonyl (C=O) groups is 3. The van der Waals surface area contributed by atoms with Crippen molar-refractivity contribution in [2.45, 2.75) is 45.2 Å². The molecule has 2 aromatic carbocycles. The van der Waals surface area contributed by atoms with E-state index in [1.54, 1.807) is 19.0 Å². The van der Waals surface area contributed by atoms with Crippen LogP contribution in [0.5, 0.6) is 0 Å². The smallest absolute Gasteiger partial charge is 0.407 e. The fraction of sp³-hybridized carbons (Fsp3) is 0.444. The summed E-state index contributed by atoms with van der Waals surface area (Å²) in [5.74, 6) is -1.62. The van der Waals surface area contributed by atoms with Gasteiger partial charge in [0.05, 0.1) is 0 Å². The molecule has 0 saturated heterocycles. The zero-order chi connectivity index (χ0) is 25.8. The molecule has 1 aliphatic carbocycles. The number of nitrogens with one attached hydrogen (secondary N) is 2. The molecule has 0 fully saturated rings. The minimum Gasteiger partial charge on any atom is -0.480 e. The van der Waals surface area contributed by atoms with Crippen molar-refractivity contribution in [3.05, 3.63) is 59.7 Å². The van der Waals surface area contributed by atoms with Crippen LogP contribution in [0.1, 0.15) is 44.2 Å². The molecule has 1 aliphatic rings. The van der Waals surface area contributed by atoms with Crippen LogP contribution in [0.4, 0.5) is 4.79 Å². The summed E-state index contributed by atoms with van der Waals surface area (Å²) in [4.78, 5) is 38.6. The van der Waals surface area contributed by atoms with Crippen molar-refractivity contribution in [3.63, 3.8) is 0 Å². The van der Waals surface area contributed by atoms with Gasteiger partial charge in [-0.05, 0) is 41.8 Å². The molecule has 8 nitrogen and oxygen atoms in total. The maximum atomic E-state index is 12.8. The average Bonchev–Trinajstić information content (AvgIpc) is 3.09. The highest BCUT2D eigenvalue weighted by Gasteiger charge is 2.32. The number of aliphatic carboxylic acids is 1. The van der Waals surface area contributed by atoms with Crippen LogP contribution in [-0.4, -0.2) is 67.3 Å². The van der Waals surface area contributed by atoms with Crippen LogP contribution in [0.25, 0.3) is 11.1 Å². The van der Waals surface area contributed by atoms with Gasteiger partial charge in [-0.2, -0.15) is 0 Å². The molecule has 3 N–H and O–H groups in total. The zero-order valence-electron chi connectivity index (χ0n) is 21.0. The van der Waals surface area contributed by atoms with Gasteiger partial charge in [0.1, 0.15) is 12.6 Å².